The van der Waals surface area contributed by atoms with E-state index < -0.39 is 6.10 Å². The van der Waals surface area contributed by atoms with E-state index in [9.17, 15) is 9.90 Å². The summed E-state index contributed by atoms with van der Waals surface area (Å²) in [6.45, 7) is 6.25. The Morgan fingerprint density at radius 2 is 2.10 bits per heavy atom. The van der Waals surface area contributed by atoms with Crippen molar-refractivity contribution in [1.29, 1.82) is 5.26 Å². The molecule has 2 aromatic carbocycles. The van der Waals surface area contributed by atoms with E-state index in [1.54, 1.807) is 11.9 Å². The molecule has 3 unspecified atom stereocenters. The number of fused-ring (bicyclic) bond motifs is 1. The molecule has 3 atom stereocenters. The summed E-state index contributed by atoms with van der Waals surface area (Å²) in [7, 11) is 0. The van der Waals surface area contributed by atoms with Gasteiger partial charge in [0.25, 0.3) is 6.47 Å². The van der Waals surface area contributed by atoms with Gasteiger partial charge in [-0.3, -0.25) is 9.69 Å². The van der Waals surface area contributed by atoms with Gasteiger partial charge < -0.3 is 9.84 Å². The summed E-state index contributed by atoms with van der Waals surface area (Å²) < 4.78 is 7.35. The number of nitriles is 1. The summed E-state index contributed by atoms with van der Waals surface area (Å²) in [5, 5.41) is 19.8. The molecule has 2 aromatic rings. The molecule has 4 rings (SSSR count). The molecule has 0 aromatic heterocycles. The molecule has 2 saturated heterocycles. The number of ether oxygens (including phenoxy) is 1. The molecule has 2 fully saturated rings. The zero-order valence-electron chi connectivity index (χ0n) is 17.6. The van der Waals surface area contributed by atoms with Crippen LogP contribution in [0.3, 0.4) is 0 Å². The molecule has 7 heteroatoms. The third-order valence-electron chi connectivity index (χ3n) is 6.27. The number of hydrogen-bond acceptors (Lipinski definition) is 7. The molecule has 162 valence electrons. The number of aryl methyl sites for hydroxylation is 1. The number of benzene rings is 2. The number of aliphatic hydroxyl groups excluding tert-OH is 1. The van der Waals surface area contributed by atoms with Crippen molar-refractivity contribution in [2.24, 2.45) is 5.92 Å². The summed E-state index contributed by atoms with van der Waals surface area (Å²) in [4.78, 5) is 14.0. The largest absolute Gasteiger partial charge is 0.463 e. The predicted octanol–water partition coefficient (Wildman–Crippen LogP) is 3.29. The van der Waals surface area contributed by atoms with Crippen molar-refractivity contribution in [3.8, 4) is 6.07 Å². The van der Waals surface area contributed by atoms with Gasteiger partial charge in [-0.15, -0.1) is 0 Å². The normalized spacial score (nSPS) is 22.1. The van der Waals surface area contributed by atoms with E-state index >= 15 is 0 Å². The lowest BCUT2D eigenvalue weighted by Gasteiger charge is -2.25. The van der Waals surface area contributed by atoms with E-state index in [2.05, 4.69) is 15.3 Å². The predicted molar refractivity (Wildman–Crippen MR) is 119 cm³/mol. The van der Waals surface area contributed by atoms with Crippen molar-refractivity contribution in [3.05, 3.63) is 64.7 Å². The standard InChI is InChI=1S/C24H27N3O3S/c1-17-2-5-19(10-21(17)15-30-16-28)24(29)14-26-12-20-8-9-27(23(20)13-26)31-22-6-3-18(11-25)4-7-22/h2-7,10,16,20,23-24,29H,8-9,12-15H2,1H3. The molecule has 0 amide bonds. The minimum absolute atomic E-state index is 0.227. The summed E-state index contributed by atoms with van der Waals surface area (Å²) in [5.41, 5.74) is 3.51. The Labute approximate surface area is 187 Å². The minimum atomic E-state index is -0.575. The van der Waals surface area contributed by atoms with Gasteiger partial charge in [-0.1, -0.05) is 12.1 Å². The highest BCUT2D eigenvalue weighted by atomic mass is 32.2. The van der Waals surface area contributed by atoms with E-state index in [1.807, 2.05) is 49.4 Å². The quantitative estimate of drug-likeness (QED) is 0.502. The minimum Gasteiger partial charge on any atom is -0.463 e. The maximum Gasteiger partial charge on any atom is 0.293 e. The molecule has 2 aliphatic heterocycles. The second-order valence-electron chi connectivity index (χ2n) is 8.31. The third-order valence-corrected chi connectivity index (χ3v) is 7.45. The number of carbonyl (C=O) groups excluding carboxylic acids is 1. The van der Waals surface area contributed by atoms with Crippen molar-refractivity contribution in [1.82, 2.24) is 9.21 Å². The molecule has 0 bridgehead atoms. The van der Waals surface area contributed by atoms with Gasteiger partial charge >= 0.3 is 0 Å². The number of nitrogens with zero attached hydrogens (tertiary/aromatic N) is 3. The Bertz CT molecular complexity index is 960. The highest BCUT2D eigenvalue weighted by molar-refractivity contribution is 7.97. The lowest BCUT2D eigenvalue weighted by atomic mass is 10.0. The van der Waals surface area contributed by atoms with Gasteiger partial charge in [0.15, 0.2) is 0 Å². The first-order valence-corrected chi connectivity index (χ1v) is 11.3. The topological polar surface area (TPSA) is 76.8 Å². The maximum atomic E-state index is 10.8. The van der Waals surface area contributed by atoms with Crippen LogP contribution in [0.4, 0.5) is 0 Å². The monoisotopic (exact) mass is 437 g/mol. The van der Waals surface area contributed by atoms with Crippen LogP contribution in [-0.4, -0.2) is 53.0 Å². The van der Waals surface area contributed by atoms with Gasteiger partial charge in [-0.25, -0.2) is 4.31 Å². The Morgan fingerprint density at radius 3 is 2.84 bits per heavy atom. The first kappa shape index (κ1) is 21.8. The van der Waals surface area contributed by atoms with Crippen molar-refractivity contribution in [2.75, 3.05) is 26.2 Å². The molecular weight excluding hydrogens is 410 g/mol. The van der Waals surface area contributed by atoms with Crippen LogP contribution in [0.2, 0.25) is 0 Å². The average molecular weight is 438 g/mol. The van der Waals surface area contributed by atoms with Crippen molar-refractivity contribution >= 4 is 18.4 Å². The molecule has 2 heterocycles. The van der Waals surface area contributed by atoms with Gasteiger partial charge in [0, 0.05) is 37.1 Å². The molecule has 6 nitrogen and oxygen atoms in total. The first-order chi connectivity index (χ1) is 15.1. The average Bonchev–Trinajstić information content (AvgIpc) is 3.34. The molecule has 0 spiro atoms. The summed E-state index contributed by atoms with van der Waals surface area (Å²) in [5.74, 6) is 0.618. The Hall–Kier alpha value is -2.37. The fraction of sp³-hybridized carbons (Fsp3) is 0.417. The number of aliphatic hydroxyl groups is 1. The fourth-order valence-electron chi connectivity index (χ4n) is 4.53. The van der Waals surface area contributed by atoms with E-state index in [0.29, 0.717) is 30.5 Å². The van der Waals surface area contributed by atoms with Gasteiger partial charge in [0.05, 0.1) is 17.7 Å². The summed E-state index contributed by atoms with van der Waals surface area (Å²) in [6.07, 6.45) is 0.590. The molecule has 0 saturated carbocycles. The fourth-order valence-corrected chi connectivity index (χ4v) is 5.63. The summed E-state index contributed by atoms with van der Waals surface area (Å²) >= 11 is 1.77. The smallest absolute Gasteiger partial charge is 0.293 e. The highest BCUT2D eigenvalue weighted by Gasteiger charge is 2.42. The molecule has 31 heavy (non-hydrogen) atoms. The number of rotatable bonds is 8. The van der Waals surface area contributed by atoms with Crippen LogP contribution >= 0.6 is 11.9 Å². The van der Waals surface area contributed by atoms with E-state index in [0.717, 1.165) is 47.6 Å². The number of β-amino-alcohol motifs (C(OH)–C–C–N with tert-alkyl or cyclic N) is 1. The summed E-state index contributed by atoms with van der Waals surface area (Å²) in [6, 6.07) is 16.2. The van der Waals surface area contributed by atoms with Crippen LogP contribution in [0.15, 0.2) is 47.4 Å². The first-order valence-electron chi connectivity index (χ1n) is 10.6. The van der Waals surface area contributed by atoms with Crippen LogP contribution in [-0.2, 0) is 16.1 Å². The van der Waals surface area contributed by atoms with Crippen LogP contribution < -0.4 is 0 Å². The van der Waals surface area contributed by atoms with Gasteiger partial charge in [0.2, 0.25) is 0 Å². The molecular formula is C24H27N3O3S. The number of carbonyl (C=O) groups is 1. The third kappa shape index (κ3) is 5.10. The SMILES string of the molecule is Cc1ccc(C(O)CN2CC3CCN(Sc4ccc(C#N)cc4)C3C2)cc1COC=O. The second kappa shape index (κ2) is 9.84. The van der Waals surface area contributed by atoms with Crippen LogP contribution in [0.5, 0.6) is 0 Å². The van der Waals surface area contributed by atoms with Crippen molar-refractivity contribution in [3.63, 3.8) is 0 Å². The van der Waals surface area contributed by atoms with Crippen molar-refractivity contribution in [2.45, 2.75) is 37.0 Å². The van der Waals surface area contributed by atoms with Gasteiger partial charge in [-0.05, 0) is 78.2 Å². The van der Waals surface area contributed by atoms with E-state index in [4.69, 9.17) is 10.00 Å². The molecule has 1 N–H and O–H groups in total. The molecule has 2 aliphatic rings. The zero-order valence-corrected chi connectivity index (χ0v) is 18.4. The van der Waals surface area contributed by atoms with Crippen molar-refractivity contribution < 1.29 is 14.6 Å². The Morgan fingerprint density at radius 1 is 1.29 bits per heavy atom. The number of hydrogen-bond donors (Lipinski definition) is 1. The van der Waals surface area contributed by atoms with E-state index in [1.165, 1.54) is 0 Å². The second-order valence-corrected chi connectivity index (χ2v) is 9.43. The van der Waals surface area contributed by atoms with Crippen LogP contribution in [0.25, 0.3) is 0 Å². The molecule has 0 aliphatic carbocycles. The van der Waals surface area contributed by atoms with Crippen LogP contribution in [0, 0.1) is 24.2 Å². The number of likely N-dealkylation sites (tertiary alicyclic amines) is 1. The highest BCUT2D eigenvalue weighted by Crippen LogP contribution is 2.39. The lowest BCUT2D eigenvalue weighted by Crippen LogP contribution is -2.32. The maximum absolute atomic E-state index is 10.8. The van der Waals surface area contributed by atoms with E-state index in [-0.39, 0.29) is 6.61 Å². The molecule has 0 radical (unpaired) electrons. The zero-order chi connectivity index (χ0) is 21.8. The van der Waals surface area contributed by atoms with Crippen LogP contribution in [0.1, 0.15) is 34.8 Å². The van der Waals surface area contributed by atoms with Gasteiger partial charge in [-0.2, -0.15) is 5.26 Å². The Balaban J connectivity index is 1.35. The Kier molecular flexibility index (Phi) is 6.93. The van der Waals surface area contributed by atoms with Gasteiger partial charge in [0.1, 0.15) is 6.61 Å². The lowest BCUT2D eigenvalue weighted by molar-refractivity contribution is -0.129.